The minimum Gasteiger partial charge on any atom is -0.493 e. The van der Waals surface area contributed by atoms with E-state index in [9.17, 15) is 9.59 Å². The van der Waals surface area contributed by atoms with Crippen molar-refractivity contribution >= 4 is 23.1 Å². The largest absolute Gasteiger partial charge is 0.493 e. The van der Waals surface area contributed by atoms with E-state index in [-0.39, 0.29) is 22.9 Å². The van der Waals surface area contributed by atoms with Gasteiger partial charge in [0, 0.05) is 12.7 Å². The molecule has 152 valence electrons. The van der Waals surface area contributed by atoms with E-state index in [1.165, 1.54) is 19.7 Å². The Morgan fingerprint density at radius 2 is 1.48 bits per heavy atom. The van der Waals surface area contributed by atoms with Gasteiger partial charge in [-0.3, -0.25) is 14.5 Å². The lowest BCUT2D eigenvalue weighted by molar-refractivity contribution is -0.135. The summed E-state index contributed by atoms with van der Waals surface area (Å²) in [6.07, 6.45) is 0. The first-order valence-electron chi connectivity index (χ1n) is 9.34. The molecule has 0 bridgehead atoms. The molecular weight excluding hydrogens is 368 g/mol. The lowest BCUT2D eigenvalue weighted by Gasteiger charge is -2.19. The highest BCUT2D eigenvalue weighted by molar-refractivity contribution is 6.36. The Balaban J connectivity index is 2.04. The number of hydrogen-bond donors (Lipinski definition) is 1. The number of ether oxygens (including phenoxy) is 2. The zero-order chi connectivity index (χ0) is 21.3. The summed E-state index contributed by atoms with van der Waals surface area (Å²) in [5.41, 5.74) is 3.08. The van der Waals surface area contributed by atoms with E-state index in [1.54, 1.807) is 25.3 Å². The maximum atomic E-state index is 12.8. The molecule has 0 atom stereocenters. The van der Waals surface area contributed by atoms with E-state index in [0.29, 0.717) is 22.6 Å². The van der Waals surface area contributed by atoms with Gasteiger partial charge >= 0.3 is 0 Å². The fraction of sp³-hybridized carbons (Fsp3) is 0.304. The molecule has 0 fully saturated rings. The topological polar surface area (TPSA) is 67.9 Å². The third-order valence-electron chi connectivity index (χ3n) is 4.98. The molecule has 0 aliphatic carbocycles. The minimum absolute atomic E-state index is 0.0297. The fourth-order valence-electron chi connectivity index (χ4n) is 3.21. The number of carbonyl (C=O) groups is 2. The van der Waals surface area contributed by atoms with Crippen LogP contribution >= 0.6 is 0 Å². The van der Waals surface area contributed by atoms with Gasteiger partial charge in [0.1, 0.15) is 5.70 Å². The zero-order valence-corrected chi connectivity index (χ0v) is 17.6. The van der Waals surface area contributed by atoms with Gasteiger partial charge in [-0.1, -0.05) is 39.0 Å². The number of nitrogens with one attached hydrogen (secondary N) is 1. The van der Waals surface area contributed by atoms with Crippen molar-refractivity contribution in [3.05, 3.63) is 59.3 Å². The van der Waals surface area contributed by atoms with Gasteiger partial charge in [0.05, 0.1) is 19.8 Å². The predicted octanol–water partition coefficient (Wildman–Crippen LogP) is 3.82. The van der Waals surface area contributed by atoms with Crippen LogP contribution in [0.4, 0.5) is 5.69 Å². The van der Waals surface area contributed by atoms with Crippen molar-refractivity contribution in [2.45, 2.75) is 26.2 Å². The molecule has 1 aliphatic rings. The molecule has 0 saturated heterocycles. The second-order valence-electron chi connectivity index (χ2n) is 7.94. The van der Waals surface area contributed by atoms with Crippen molar-refractivity contribution in [1.82, 2.24) is 4.90 Å². The summed E-state index contributed by atoms with van der Waals surface area (Å²) < 4.78 is 10.6. The first-order chi connectivity index (χ1) is 13.7. The second-order valence-corrected chi connectivity index (χ2v) is 7.94. The molecule has 0 aromatic heterocycles. The van der Waals surface area contributed by atoms with Crippen LogP contribution in [0.25, 0.3) is 5.57 Å². The lowest BCUT2D eigenvalue weighted by atomic mass is 9.87. The number of rotatable bonds is 5. The molecule has 0 saturated carbocycles. The second kappa shape index (κ2) is 7.62. The number of hydrogen-bond acceptors (Lipinski definition) is 5. The van der Waals surface area contributed by atoms with Crippen molar-refractivity contribution in [2.75, 3.05) is 26.6 Å². The summed E-state index contributed by atoms with van der Waals surface area (Å²) in [5.74, 6) is 0.297. The highest BCUT2D eigenvalue weighted by Gasteiger charge is 2.37. The molecule has 2 amide bonds. The summed E-state index contributed by atoms with van der Waals surface area (Å²) >= 11 is 0. The molecule has 2 aromatic carbocycles. The van der Waals surface area contributed by atoms with Crippen LogP contribution in [-0.4, -0.2) is 38.0 Å². The number of likely N-dealkylation sites (N-methyl/N-ethyl adjacent to an activating group) is 1. The average Bonchev–Trinajstić information content (AvgIpc) is 2.91. The van der Waals surface area contributed by atoms with Crippen molar-refractivity contribution in [3.63, 3.8) is 0 Å². The van der Waals surface area contributed by atoms with Crippen molar-refractivity contribution < 1.29 is 19.1 Å². The van der Waals surface area contributed by atoms with Crippen LogP contribution < -0.4 is 14.8 Å². The summed E-state index contributed by atoms with van der Waals surface area (Å²) in [6.45, 7) is 6.42. The summed E-state index contributed by atoms with van der Waals surface area (Å²) in [5, 5.41) is 3.14. The summed E-state index contributed by atoms with van der Waals surface area (Å²) in [7, 11) is 4.55. The van der Waals surface area contributed by atoms with Crippen LogP contribution in [0.15, 0.2) is 48.2 Å². The van der Waals surface area contributed by atoms with Crippen LogP contribution in [0.1, 0.15) is 31.9 Å². The van der Waals surface area contributed by atoms with Gasteiger partial charge in [-0.25, -0.2) is 0 Å². The van der Waals surface area contributed by atoms with Crippen LogP contribution in [0, 0.1) is 0 Å². The average molecular weight is 394 g/mol. The van der Waals surface area contributed by atoms with Gasteiger partial charge in [0.2, 0.25) is 0 Å². The number of imide groups is 1. The van der Waals surface area contributed by atoms with Crippen LogP contribution in [-0.2, 0) is 15.0 Å². The predicted molar refractivity (Wildman–Crippen MR) is 113 cm³/mol. The Morgan fingerprint density at radius 1 is 0.862 bits per heavy atom. The zero-order valence-electron chi connectivity index (χ0n) is 17.6. The molecule has 0 radical (unpaired) electrons. The number of benzene rings is 2. The molecular formula is C23H26N2O4. The first kappa shape index (κ1) is 20.5. The molecule has 29 heavy (non-hydrogen) atoms. The standard InChI is InChI=1S/C23H26N2O4/c1-23(2,3)15-8-10-16(11-9-15)24-20-19(21(26)25(4)22(20)27)14-7-12-17(28-5)18(13-14)29-6/h7-13,24H,1-6H3. The molecule has 1 heterocycles. The van der Waals surface area contributed by atoms with Crippen LogP contribution in [0.5, 0.6) is 11.5 Å². The Kier molecular flexibility index (Phi) is 5.38. The Hall–Kier alpha value is -3.28. The van der Waals surface area contributed by atoms with Gasteiger partial charge < -0.3 is 14.8 Å². The van der Waals surface area contributed by atoms with Crippen molar-refractivity contribution in [3.8, 4) is 11.5 Å². The highest BCUT2D eigenvalue weighted by Crippen LogP contribution is 2.35. The Bertz CT molecular complexity index is 985. The molecule has 1 aliphatic heterocycles. The molecule has 6 heteroatoms. The summed E-state index contributed by atoms with van der Waals surface area (Å²) in [6, 6.07) is 13.0. The fourth-order valence-corrected chi connectivity index (χ4v) is 3.21. The van der Waals surface area contributed by atoms with Gasteiger partial charge in [0.15, 0.2) is 11.5 Å². The van der Waals surface area contributed by atoms with Crippen molar-refractivity contribution in [2.24, 2.45) is 0 Å². The summed E-state index contributed by atoms with van der Waals surface area (Å²) in [4.78, 5) is 26.6. The maximum Gasteiger partial charge on any atom is 0.277 e. The smallest absolute Gasteiger partial charge is 0.277 e. The molecule has 3 rings (SSSR count). The van der Waals surface area contributed by atoms with E-state index >= 15 is 0 Å². The van der Waals surface area contributed by atoms with Crippen LogP contribution in [0.3, 0.4) is 0 Å². The van der Waals surface area contributed by atoms with E-state index in [2.05, 4.69) is 26.1 Å². The third kappa shape index (κ3) is 3.83. The normalized spacial score (nSPS) is 14.5. The highest BCUT2D eigenvalue weighted by atomic mass is 16.5. The SMILES string of the molecule is COc1ccc(C2=C(Nc3ccc(C(C)(C)C)cc3)C(=O)N(C)C2=O)cc1OC. The first-order valence-corrected chi connectivity index (χ1v) is 9.34. The molecule has 1 N–H and O–H groups in total. The molecule has 0 spiro atoms. The number of nitrogens with zero attached hydrogens (tertiary/aromatic N) is 1. The van der Waals surface area contributed by atoms with Gasteiger partial charge in [-0.05, 0) is 40.8 Å². The number of carbonyl (C=O) groups excluding carboxylic acids is 2. The Labute approximate surface area is 171 Å². The number of anilines is 1. The molecule has 6 nitrogen and oxygen atoms in total. The van der Waals surface area contributed by atoms with E-state index in [4.69, 9.17) is 9.47 Å². The quantitative estimate of drug-likeness (QED) is 0.781. The Morgan fingerprint density at radius 3 is 2.03 bits per heavy atom. The number of amides is 2. The lowest BCUT2D eigenvalue weighted by Crippen LogP contribution is -2.27. The number of methoxy groups -OCH3 is 2. The van der Waals surface area contributed by atoms with E-state index in [1.807, 2.05) is 24.3 Å². The molecule has 2 aromatic rings. The van der Waals surface area contributed by atoms with Crippen LogP contribution in [0.2, 0.25) is 0 Å². The van der Waals surface area contributed by atoms with Crippen molar-refractivity contribution in [1.29, 1.82) is 0 Å². The van der Waals surface area contributed by atoms with Gasteiger partial charge in [-0.2, -0.15) is 0 Å². The minimum atomic E-state index is -0.375. The monoisotopic (exact) mass is 394 g/mol. The van der Waals surface area contributed by atoms with E-state index < -0.39 is 0 Å². The van der Waals surface area contributed by atoms with Gasteiger partial charge in [-0.15, -0.1) is 0 Å². The molecule has 0 unspecified atom stereocenters. The van der Waals surface area contributed by atoms with Gasteiger partial charge in [0.25, 0.3) is 11.8 Å². The van der Waals surface area contributed by atoms with E-state index in [0.717, 1.165) is 10.6 Å². The third-order valence-corrected chi connectivity index (χ3v) is 4.98. The maximum absolute atomic E-state index is 12.8.